The van der Waals surface area contributed by atoms with Gasteiger partial charge in [-0.3, -0.25) is 14.2 Å². The summed E-state index contributed by atoms with van der Waals surface area (Å²) in [6.07, 6.45) is -1.73. The Morgan fingerprint density at radius 3 is 2.52 bits per heavy atom. The van der Waals surface area contributed by atoms with Crippen LogP contribution in [0.3, 0.4) is 0 Å². The number of nitrogens with zero attached hydrogens (tertiary/aromatic N) is 2. The Balaban J connectivity index is 1.73. The summed E-state index contributed by atoms with van der Waals surface area (Å²) in [7, 11) is 0. The molecule has 0 bridgehead atoms. The van der Waals surface area contributed by atoms with Crippen molar-refractivity contribution < 1.29 is 18.0 Å². The number of hydrogen-bond donors (Lipinski definition) is 1. The molecule has 1 N–H and O–H groups in total. The number of aromatic nitrogens is 2. The molecule has 10 heteroatoms. The van der Waals surface area contributed by atoms with E-state index in [4.69, 9.17) is 11.6 Å². The summed E-state index contributed by atoms with van der Waals surface area (Å²) in [6, 6.07) is 11.2. The summed E-state index contributed by atoms with van der Waals surface area (Å²) in [6.45, 7) is 0. The predicted octanol–water partition coefficient (Wildman–Crippen LogP) is 4.64. The van der Waals surface area contributed by atoms with E-state index in [1.165, 1.54) is 35.2 Å². The topological polar surface area (TPSA) is 64.0 Å². The monoisotopic (exact) mass is 439 g/mol. The second-order valence-electron chi connectivity index (χ2n) is 5.76. The smallest absolute Gasteiger partial charge is 0.325 e. The number of amides is 1. The van der Waals surface area contributed by atoms with Gasteiger partial charge < -0.3 is 5.32 Å². The molecule has 150 valence electrons. The molecule has 0 aliphatic carbocycles. The molecule has 0 aliphatic rings. The van der Waals surface area contributed by atoms with Gasteiger partial charge in [-0.1, -0.05) is 35.5 Å². The molecule has 1 heterocycles. The van der Waals surface area contributed by atoms with E-state index in [1.54, 1.807) is 24.3 Å². The minimum absolute atomic E-state index is 0.0432. The molecule has 0 spiro atoms. The zero-order valence-electron chi connectivity index (χ0n) is 14.6. The van der Waals surface area contributed by atoms with Crippen molar-refractivity contribution in [3.05, 3.63) is 81.9 Å². The lowest BCUT2D eigenvalue weighted by Gasteiger charge is -2.13. The molecule has 0 unspecified atom stereocenters. The van der Waals surface area contributed by atoms with Gasteiger partial charge in [-0.05, 0) is 36.4 Å². The van der Waals surface area contributed by atoms with Crippen molar-refractivity contribution in [2.24, 2.45) is 0 Å². The number of anilines is 1. The molecule has 29 heavy (non-hydrogen) atoms. The molecule has 1 amide bonds. The lowest BCUT2D eigenvalue weighted by molar-refractivity contribution is -0.137. The first kappa shape index (κ1) is 20.9. The first-order chi connectivity index (χ1) is 13.8. The Bertz CT molecular complexity index is 1090. The van der Waals surface area contributed by atoms with E-state index in [0.717, 1.165) is 17.8 Å². The van der Waals surface area contributed by atoms with Gasteiger partial charge in [0.15, 0.2) is 5.03 Å². The number of rotatable bonds is 5. The second-order valence-corrected chi connectivity index (χ2v) is 7.16. The molecule has 0 radical (unpaired) electrons. The van der Waals surface area contributed by atoms with Gasteiger partial charge in [0.25, 0.3) is 5.56 Å². The van der Waals surface area contributed by atoms with Crippen LogP contribution in [0.15, 0.2) is 70.7 Å². The molecule has 1 aromatic heterocycles. The maximum Gasteiger partial charge on any atom is 0.418 e. The summed E-state index contributed by atoms with van der Waals surface area (Å²) in [5.41, 5.74) is -1.18. The van der Waals surface area contributed by atoms with Crippen molar-refractivity contribution in [3.63, 3.8) is 0 Å². The molecule has 0 saturated heterocycles. The standard InChI is InChI=1S/C19H13ClF3N3O2S/c20-12-5-7-13(8-6-12)26-10-9-24-17(18(26)28)29-11-16(27)25-15-4-2-1-3-14(15)19(21,22)23/h1-10H,11H2,(H,25,27). The highest BCUT2D eigenvalue weighted by Crippen LogP contribution is 2.34. The number of para-hydroxylation sites is 1. The van der Waals surface area contributed by atoms with Gasteiger partial charge in [0.1, 0.15) is 0 Å². The van der Waals surface area contributed by atoms with E-state index >= 15 is 0 Å². The number of hydrogen-bond acceptors (Lipinski definition) is 4. The van der Waals surface area contributed by atoms with E-state index in [1.807, 2.05) is 0 Å². The summed E-state index contributed by atoms with van der Waals surface area (Å²) in [5, 5.41) is 2.79. The molecule has 5 nitrogen and oxygen atoms in total. The Morgan fingerprint density at radius 2 is 1.83 bits per heavy atom. The molecular formula is C19H13ClF3N3O2S. The van der Waals surface area contributed by atoms with Gasteiger partial charge in [0.05, 0.1) is 17.0 Å². The number of nitrogens with one attached hydrogen (secondary N) is 1. The van der Waals surface area contributed by atoms with Crippen LogP contribution >= 0.6 is 23.4 Å². The van der Waals surface area contributed by atoms with Crippen LogP contribution in [0.1, 0.15) is 5.56 Å². The zero-order valence-corrected chi connectivity index (χ0v) is 16.2. The molecular weight excluding hydrogens is 427 g/mol. The van der Waals surface area contributed by atoms with Crippen molar-refractivity contribution in [3.8, 4) is 5.69 Å². The van der Waals surface area contributed by atoms with Crippen molar-refractivity contribution in [1.82, 2.24) is 9.55 Å². The fourth-order valence-electron chi connectivity index (χ4n) is 2.46. The van der Waals surface area contributed by atoms with Crippen molar-refractivity contribution in [2.75, 3.05) is 11.1 Å². The molecule has 0 fully saturated rings. The molecule has 0 atom stereocenters. The third-order valence-electron chi connectivity index (χ3n) is 3.76. The lowest BCUT2D eigenvalue weighted by atomic mass is 10.1. The Hall–Kier alpha value is -2.78. The fraction of sp³-hybridized carbons (Fsp3) is 0.105. The third-order valence-corrected chi connectivity index (χ3v) is 4.97. The van der Waals surface area contributed by atoms with Gasteiger partial charge in [-0.2, -0.15) is 13.2 Å². The number of carbonyl (C=O) groups is 1. The average Bonchev–Trinajstić information content (AvgIpc) is 2.68. The average molecular weight is 440 g/mol. The SMILES string of the molecule is O=C(CSc1nccn(-c2ccc(Cl)cc2)c1=O)Nc1ccccc1C(F)(F)F. The summed E-state index contributed by atoms with van der Waals surface area (Å²) < 4.78 is 40.4. The van der Waals surface area contributed by atoms with Crippen LogP contribution < -0.4 is 10.9 Å². The Morgan fingerprint density at radius 1 is 1.14 bits per heavy atom. The van der Waals surface area contributed by atoms with Crippen LogP contribution in [-0.2, 0) is 11.0 Å². The highest BCUT2D eigenvalue weighted by molar-refractivity contribution is 7.99. The summed E-state index contributed by atoms with van der Waals surface area (Å²) in [4.78, 5) is 28.7. The number of halogens is 4. The highest BCUT2D eigenvalue weighted by Gasteiger charge is 2.33. The van der Waals surface area contributed by atoms with Gasteiger partial charge >= 0.3 is 6.18 Å². The number of carbonyl (C=O) groups excluding carboxylic acids is 1. The quantitative estimate of drug-likeness (QED) is 0.588. The minimum atomic E-state index is -4.59. The lowest BCUT2D eigenvalue weighted by Crippen LogP contribution is -2.22. The van der Waals surface area contributed by atoms with Crippen LogP contribution in [0.25, 0.3) is 5.69 Å². The predicted molar refractivity (Wildman–Crippen MR) is 106 cm³/mol. The van der Waals surface area contributed by atoms with Crippen LogP contribution in [0.2, 0.25) is 5.02 Å². The van der Waals surface area contributed by atoms with E-state index in [9.17, 15) is 22.8 Å². The van der Waals surface area contributed by atoms with Gasteiger partial charge in [-0.15, -0.1) is 0 Å². The van der Waals surface area contributed by atoms with E-state index in [-0.39, 0.29) is 16.5 Å². The number of thioether (sulfide) groups is 1. The van der Waals surface area contributed by atoms with Crippen molar-refractivity contribution in [2.45, 2.75) is 11.2 Å². The minimum Gasteiger partial charge on any atom is -0.325 e. The molecule has 3 rings (SSSR count). The molecule has 3 aromatic rings. The fourth-order valence-corrected chi connectivity index (χ4v) is 3.28. The first-order valence-electron chi connectivity index (χ1n) is 8.18. The highest BCUT2D eigenvalue weighted by atomic mass is 35.5. The van der Waals surface area contributed by atoms with Crippen LogP contribution in [0.5, 0.6) is 0 Å². The van der Waals surface area contributed by atoms with E-state index in [2.05, 4.69) is 10.3 Å². The Kier molecular flexibility index (Phi) is 6.29. The first-order valence-corrected chi connectivity index (χ1v) is 9.54. The summed E-state index contributed by atoms with van der Waals surface area (Å²) in [5.74, 6) is -0.964. The normalized spacial score (nSPS) is 11.3. The van der Waals surface area contributed by atoms with E-state index in [0.29, 0.717) is 10.7 Å². The number of alkyl halides is 3. The van der Waals surface area contributed by atoms with Crippen LogP contribution in [0.4, 0.5) is 18.9 Å². The Labute approximate surface area is 172 Å². The van der Waals surface area contributed by atoms with Crippen molar-refractivity contribution in [1.29, 1.82) is 0 Å². The third kappa shape index (κ3) is 5.18. The van der Waals surface area contributed by atoms with Crippen LogP contribution in [-0.4, -0.2) is 21.2 Å². The van der Waals surface area contributed by atoms with Crippen LogP contribution in [0, 0.1) is 0 Å². The molecule has 0 aliphatic heterocycles. The van der Waals surface area contributed by atoms with Gasteiger partial charge in [-0.25, -0.2) is 4.98 Å². The van der Waals surface area contributed by atoms with E-state index < -0.39 is 23.2 Å². The van der Waals surface area contributed by atoms with Crippen molar-refractivity contribution >= 4 is 35.0 Å². The number of benzene rings is 2. The van der Waals surface area contributed by atoms with Gasteiger partial charge in [0, 0.05) is 23.1 Å². The zero-order chi connectivity index (χ0) is 21.0. The second kappa shape index (κ2) is 8.71. The summed E-state index contributed by atoms with van der Waals surface area (Å²) >= 11 is 6.68. The van der Waals surface area contributed by atoms with Gasteiger partial charge in [0.2, 0.25) is 5.91 Å². The maximum absolute atomic E-state index is 13.0. The maximum atomic E-state index is 13.0. The molecule has 2 aromatic carbocycles. The largest absolute Gasteiger partial charge is 0.418 e. The molecule has 0 saturated carbocycles.